The zero-order chi connectivity index (χ0) is 22.5. The minimum absolute atomic E-state index is 0.106. The zero-order valence-corrected chi connectivity index (χ0v) is 18.8. The van der Waals surface area contributed by atoms with Gasteiger partial charge in [0.05, 0.1) is 22.7 Å². The first-order valence-electron chi connectivity index (χ1n) is 10.8. The third-order valence-corrected chi connectivity index (χ3v) is 6.23. The first kappa shape index (κ1) is 20.9. The molecule has 0 saturated carbocycles. The van der Waals surface area contributed by atoms with Gasteiger partial charge in [-0.05, 0) is 47.2 Å². The summed E-state index contributed by atoms with van der Waals surface area (Å²) in [4.78, 5) is 14.0. The molecule has 6 nitrogen and oxygen atoms in total. The summed E-state index contributed by atoms with van der Waals surface area (Å²) < 4.78 is 3.66. The molecule has 0 radical (unpaired) electrons. The minimum atomic E-state index is -0.106. The summed E-state index contributed by atoms with van der Waals surface area (Å²) in [5.41, 5.74) is 4.64. The molecule has 0 aliphatic rings. The minimum Gasteiger partial charge on any atom is -0.352 e. The highest BCUT2D eigenvalue weighted by Crippen LogP contribution is 2.27. The second-order valence-electron chi connectivity index (χ2n) is 7.67. The van der Waals surface area contributed by atoms with Crippen molar-refractivity contribution in [2.45, 2.75) is 13.0 Å². The Labute approximate surface area is 196 Å². The molecule has 0 atom stereocenters. The molecular formula is C26H23N5OS. The number of amides is 1. The third kappa shape index (κ3) is 4.94. The Morgan fingerprint density at radius 1 is 0.939 bits per heavy atom. The molecule has 0 bridgehead atoms. The van der Waals surface area contributed by atoms with E-state index in [0.717, 1.165) is 33.8 Å². The zero-order valence-electron chi connectivity index (χ0n) is 18.0. The van der Waals surface area contributed by atoms with E-state index < -0.39 is 0 Å². The monoisotopic (exact) mass is 453 g/mol. The molecule has 0 spiro atoms. The van der Waals surface area contributed by atoms with E-state index in [2.05, 4.69) is 34.7 Å². The molecule has 0 unspecified atom stereocenters. The van der Waals surface area contributed by atoms with E-state index in [9.17, 15) is 4.79 Å². The van der Waals surface area contributed by atoms with Gasteiger partial charge in [0.15, 0.2) is 0 Å². The molecule has 0 fully saturated rings. The molecule has 5 aromatic rings. The highest BCUT2D eigenvalue weighted by atomic mass is 32.1. The molecular weight excluding hydrogens is 430 g/mol. The van der Waals surface area contributed by atoms with Crippen LogP contribution in [0.3, 0.4) is 0 Å². The second-order valence-corrected chi connectivity index (χ2v) is 8.62. The number of nitrogens with zero attached hydrogens (tertiary/aromatic N) is 4. The van der Waals surface area contributed by atoms with Gasteiger partial charge in [0.25, 0.3) is 5.91 Å². The fourth-order valence-corrected chi connectivity index (χ4v) is 4.41. The maximum absolute atomic E-state index is 13.1. The van der Waals surface area contributed by atoms with E-state index in [-0.39, 0.29) is 5.91 Å². The summed E-state index contributed by atoms with van der Waals surface area (Å²) in [7, 11) is 0. The van der Waals surface area contributed by atoms with Gasteiger partial charge in [-0.3, -0.25) is 9.48 Å². The fraction of sp³-hybridized carbons (Fsp3) is 0.115. The molecule has 1 N–H and O–H groups in total. The summed E-state index contributed by atoms with van der Waals surface area (Å²) in [6.45, 7) is 1.17. The first-order valence-corrected chi connectivity index (χ1v) is 11.7. The Balaban J connectivity index is 1.26. The van der Waals surface area contributed by atoms with Crippen molar-refractivity contribution in [1.82, 2.24) is 24.9 Å². The lowest BCUT2D eigenvalue weighted by Crippen LogP contribution is -2.25. The van der Waals surface area contributed by atoms with E-state index in [1.807, 2.05) is 75.7 Å². The molecule has 1 amide bonds. The average molecular weight is 454 g/mol. The molecule has 7 heteroatoms. The van der Waals surface area contributed by atoms with Gasteiger partial charge >= 0.3 is 0 Å². The van der Waals surface area contributed by atoms with Crippen LogP contribution in [0.15, 0.2) is 96.8 Å². The lowest BCUT2D eigenvalue weighted by atomic mass is 10.1. The van der Waals surface area contributed by atoms with Crippen molar-refractivity contribution >= 4 is 17.2 Å². The van der Waals surface area contributed by atoms with Gasteiger partial charge in [-0.15, -0.1) is 11.3 Å². The maximum Gasteiger partial charge on any atom is 0.255 e. The second kappa shape index (κ2) is 9.67. The SMILES string of the molecule is O=C(NCCc1ccc(-n2cccn2)cc1)c1cn(Cc2ccccc2)nc1-c1cccs1. The van der Waals surface area contributed by atoms with Crippen LogP contribution in [0.4, 0.5) is 0 Å². The van der Waals surface area contributed by atoms with E-state index in [4.69, 9.17) is 5.10 Å². The van der Waals surface area contributed by atoms with Gasteiger partial charge in [-0.25, -0.2) is 4.68 Å². The maximum atomic E-state index is 13.1. The van der Waals surface area contributed by atoms with Crippen molar-refractivity contribution in [3.05, 3.63) is 113 Å². The number of carbonyl (C=O) groups is 1. The molecule has 33 heavy (non-hydrogen) atoms. The summed E-state index contributed by atoms with van der Waals surface area (Å²) >= 11 is 1.59. The number of hydrogen-bond donors (Lipinski definition) is 1. The van der Waals surface area contributed by atoms with Gasteiger partial charge < -0.3 is 5.32 Å². The predicted octanol–water partition coefficient (Wildman–Crippen LogP) is 4.82. The number of thiophene rings is 1. The summed E-state index contributed by atoms with van der Waals surface area (Å²) in [5.74, 6) is -0.106. The smallest absolute Gasteiger partial charge is 0.255 e. The summed E-state index contributed by atoms with van der Waals surface area (Å²) in [6, 6.07) is 24.2. The third-order valence-electron chi connectivity index (χ3n) is 5.35. The van der Waals surface area contributed by atoms with Crippen LogP contribution in [-0.2, 0) is 13.0 Å². The number of hydrogen-bond acceptors (Lipinski definition) is 4. The van der Waals surface area contributed by atoms with Gasteiger partial charge in [0.2, 0.25) is 0 Å². The summed E-state index contributed by atoms with van der Waals surface area (Å²) in [6.07, 6.45) is 6.27. The highest BCUT2D eigenvalue weighted by molar-refractivity contribution is 7.13. The molecule has 0 aliphatic heterocycles. The van der Waals surface area contributed by atoms with Gasteiger partial charge in [-0.2, -0.15) is 10.2 Å². The van der Waals surface area contributed by atoms with Crippen molar-refractivity contribution in [1.29, 1.82) is 0 Å². The van der Waals surface area contributed by atoms with E-state index in [0.29, 0.717) is 18.7 Å². The Bertz CT molecular complexity index is 1310. The van der Waals surface area contributed by atoms with Crippen LogP contribution in [0, 0.1) is 0 Å². The number of rotatable bonds is 8. The number of benzene rings is 2. The number of carbonyl (C=O) groups excluding carboxylic acids is 1. The van der Waals surface area contributed by atoms with Crippen LogP contribution in [0.25, 0.3) is 16.3 Å². The molecule has 2 aromatic carbocycles. The van der Waals surface area contributed by atoms with Gasteiger partial charge in [0.1, 0.15) is 5.69 Å². The van der Waals surface area contributed by atoms with E-state index in [1.165, 1.54) is 0 Å². The Kier molecular flexibility index (Phi) is 6.12. The highest BCUT2D eigenvalue weighted by Gasteiger charge is 2.18. The van der Waals surface area contributed by atoms with Crippen LogP contribution in [-0.4, -0.2) is 32.0 Å². The fourth-order valence-electron chi connectivity index (χ4n) is 3.69. The quantitative estimate of drug-likeness (QED) is 0.366. The summed E-state index contributed by atoms with van der Waals surface area (Å²) in [5, 5.41) is 14.0. The Hall–Kier alpha value is -3.97. The van der Waals surface area contributed by atoms with Crippen molar-refractivity contribution in [2.24, 2.45) is 0 Å². The van der Waals surface area contributed by atoms with Crippen LogP contribution in [0.5, 0.6) is 0 Å². The molecule has 5 rings (SSSR count). The molecule has 0 saturated heterocycles. The van der Waals surface area contributed by atoms with Crippen LogP contribution in [0.2, 0.25) is 0 Å². The number of nitrogens with one attached hydrogen (secondary N) is 1. The Morgan fingerprint density at radius 3 is 2.52 bits per heavy atom. The van der Waals surface area contributed by atoms with Crippen molar-refractivity contribution in [2.75, 3.05) is 6.54 Å². The van der Waals surface area contributed by atoms with Crippen molar-refractivity contribution in [3.8, 4) is 16.3 Å². The van der Waals surface area contributed by atoms with E-state index in [1.54, 1.807) is 17.5 Å². The molecule has 3 aromatic heterocycles. The molecule has 0 aliphatic carbocycles. The lowest BCUT2D eigenvalue weighted by molar-refractivity contribution is 0.0954. The molecule has 164 valence electrons. The Morgan fingerprint density at radius 2 is 1.79 bits per heavy atom. The largest absolute Gasteiger partial charge is 0.352 e. The van der Waals surface area contributed by atoms with Crippen LogP contribution >= 0.6 is 11.3 Å². The predicted molar refractivity (Wildman–Crippen MR) is 131 cm³/mol. The average Bonchev–Trinajstić information content (AvgIpc) is 3.62. The van der Waals surface area contributed by atoms with E-state index >= 15 is 0 Å². The van der Waals surface area contributed by atoms with Crippen molar-refractivity contribution in [3.63, 3.8) is 0 Å². The topological polar surface area (TPSA) is 64.7 Å². The van der Waals surface area contributed by atoms with Crippen molar-refractivity contribution < 1.29 is 4.79 Å². The normalized spacial score (nSPS) is 10.9. The van der Waals surface area contributed by atoms with Crippen LogP contribution in [0.1, 0.15) is 21.5 Å². The number of aromatic nitrogens is 4. The lowest BCUT2D eigenvalue weighted by Gasteiger charge is -2.06. The van der Waals surface area contributed by atoms with Crippen LogP contribution < -0.4 is 5.32 Å². The van der Waals surface area contributed by atoms with Gasteiger partial charge in [-0.1, -0.05) is 48.5 Å². The first-order chi connectivity index (χ1) is 16.3. The van der Waals surface area contributed by atoms with Gasteiger partial charge in [0, 0.05) is 25.1 Å². The molecule has 3 heterocycles. The standard InChI is InChI=1S/C26H23N5OS/c32-26(27-15-13-20-9-11-22(12-10-20)31-16-5-14-28-31)23-19-30(18-21-6-2-1-3-7-21)29-25(23)24-8-4-17-33-24/h1-12,14,16-17,19H,13,15,18H2,(H,27,32).